The molecule has 588 valence electrons. The van der Waals surface area contributed by atoms with Crippen molar-refractivity contribution >= 4 is 93.2 Å². The number of nitrogens with two attached hydrogens (primary N) is 8. The number of aliphatic carboxylic acids is 4. The van der Waals surface area contributed by atoms with Gasteiger partial charge in [0.15, 0.2) is 0 Å². The fourth-order valence-corrected chi connectivity index (χ4v) is 18.2. The third-order valence-corrected chi connectivity index (χ3v) is 25.2. The molecule has 0 aromatic heterocycles. The van der Waals surface area contributed by atoms with Gasteiger partial charge in [0.25, 0.3) is 58.8 Å². The molecule has 7 fully saturated rings. The number of carboxylic acid groups (broad SMARTS) is 4. The first-order valence-corrected chi connectivity index (χ1v) is 37.7. The number of nitro groups is 1. The van der Waals surface area contributed by atoms with Crippen molar-refractivity contribution in [3.05, 3.63) is 10.1 Å². The fraction of sp³-hybridized carbons (Fsp3) is 0.915. The average molecular weight is 1560 g/mol. The van der Waals surface area contributed by atoms with E-state index in [9.17, 15) is 101 Å². The van der Waals surface area contributed by atoms with E-state index in [2.05, 4.69) is 9.44 Å². The molecular formula is C47H95B4F4N17O26S4. The molecule has 102 heavy (non-hydrogen) atoms. The summed E-state index contributed by atoms with van der Waals surface area (Å²) in [6.45, 7) is -3.58. The summed E-state index contributed by atoms with van der Waals surface area (Å²) in [6, 6.07) is -3.37. The summed E-state index contributed by atoms with van der Waals surface area (Å²) >= 11 is 0. The van der Waals surface area contributed by atoms with Gasteiger partial charge in [0.05, 0.1) is 12.6 Å². The largest absolute Gasteiger partial charge is 0.480 e. The van der Waals surface area contributed by atoms with Crippen LogP contribution < -0.4 is 64.8 Å². The van der Waals surface area contributed by atoms with Crippen LogP contribution in [0.5, 0.6) is 0 Å². The molecule has 0 aromatic rings. The smallest absolute Gasteiger partial charge is 0.451 e. The number of alkyl halides is 4. The average Bonchev–Trinajstić information content (AvgIpc) is 1.56. The molecule has 4 saturated heterocycles. The number of carbonyl (C=O) groups is 4. The van der Waals surface area contributed by atoms with Gasteiger partial charge in [-0.1, -0.05) is 25.7 Å². The van der Waals surface area contributed by atoms with Crippen LogP contribution in [-0.4, -0.2) is 304 Å². The summed E-state index contributed by atoms with van der Waals surface area (Å²) in [5.74, 6) is -14.6. The van der Waals surface area contributed by atoms with E-state index in [0.717, 1.165) is 32.2 Å². The molecule has 32 N–H and O–H groups in total. The highest BCUT2D eigenvalue weighted by Gasteiger charge is 2.69. The Bertz CT molecular complexity index is 3380. The van der Waals surface area contributed by atoms with Gasteiger partial charge in [0, 0.05) is 118 Å². The van der Waals surface area contributed by atoms with Gasteiger partial charge in [-0.15, -0.1) is 0 Å². The van der Waals surface area contributed by atoms with E-state index < -0.39 is 231 Å². The van der Waals surface area contributed by atoms with Crippen molar-refractivity contribution in [3.63, 3.8) is 0 Å². The molecule has 3 saturated carbocycles. The lowest BCUT2D eigenvalue weighted by molar-refractivity contribution is -0.518. The Morgan fingerprint density at radius 3 is 0.990 bits per heavy atom. The number of nitrogens with one attached hydrogen (secondary N) is 4. The topological polar surface area (TPSA) is 760 Å². The molecule has 0 radical (unpaired) electrons. The Morgan fingerprint density at radius 2 is 0.765 bits per heavy atom. The van der Waals surface area contributed by atoms with Crippen LogP contribution in [0.4, 0.5) is 17.6 Å². The molecule has 55 heteroatoms. The predicted octanol–water partition coefficient (Wildman–Crippen LogP) is -10.9. The lowest BCUT2D eigenvalue weighted by Crippen LogP contribution is -2.64. The van der Waals surface area contributed by atoms with Gasteiger partial charge in [-0.25, -0.2) is 27.0 Å². The summed E-state index contributed by atoms with van der Waals surface area (Å²) in [4.78, 5) is 55.7. The summed E-state index contributed by atoms with van der Waals surface area (Å²) in [5.41, 5.74) is 36.4. The first-order valence-electron chi connectivity index (χ1n) is 31.9. The first kappa shape index (κ1) is 90.5. The molecular weight excluding hydrogens is 1470 g/mol. The van der Waals surface area contributed by atoms with Crippen molar-refractivity contribution in [1.82, 2.24) is 36.1 Å². The summed E-state index contributed by atoms with van der Waals surface area (Å²) in [6.07, 6.45) is 1.39. The number of halogens is 4. The summed E-state index contributed by atoms with van der Waals surface area (Å²) < 4.78 is 163. The zero-order valence-electron chi connectivity index (χ0n) is 55.2. The van der Waals surface area contributed by atoms with Crippen LogP contribution in [0.1, 0.15) is 83.5 Å². The maximum Gasteiger partial charge on any atom is 0.451 e. The molecule has 43 nitrogen and oxygen atoms in total. The number of nitrogens with zero attached hydrogens (tertiary/aromatic N) is 5. The van der Waals surface area contributed by atoms with Crippen molar-refractivity contribution in [2.24, 2.45) is 69.5 Å². The Morgan fingerprint density at radius 1 is 0.500 bits per heavy atom. The van der Waals surface area contributed by atoms with Crippen molar-refractivity contribution in [2.75, 3.05) is 72.0 Å². The van der Waals surface area contributed by atoms with Gasteiger partial charge in [0.1, 0.15) is 28.2 Å². The Kier molecular flexibility index (Phi) is 31.0. The van der Waals surface area contributed by atoms with E-state index in [1.54, 1.807) is 4.72 Å². The van der Waals surface area contributed by atoms with E-state index in [1.165, 1.54) is 0 Å². The van der Waals surface area contributed by atoms with Gasteiger partial charge in [0.2, 0.25) is 0 Å². The van der Waals surface area contributed by atoms with E-state index in [1.807, 2.05) is 4.72 Å². The van der Waals surface area contributed by atoms with Crippen LogP contribution in [0, 0.1) is 33.8 Å². The number of hydrogen-bond donors (Lipinski definition) is 24. The van der Waals surface area contributed by atoms with E-state index >= 15 is 0 Å². The SMILES string of the molecule is NC(CNS(=O)(=O)N1C[C@H](CCCB(O)O)[C@](N)(C(=O)O)C1)[N+](=O)[O-].NC1(CNS(=O)(=O)N2C[C@H](CCCB(O)O)[C@](N)(C(=O)O)C2)CC(F)(F)C1.NC1(CNS(=O)(=O)N2C[C@H](CCCB(O)O)[C@](N)(C(=O)O)C2)CCC1.NC1C(NS(=O)(=O)N2C[C@H](CCCB(O)O)[C@](N)(C(=O)O)C2)C1(F)F. The van der Waals surface area contributed by atoms with Crippen molar-refractivity contribution in [1.29, 1.82) is 0 Å². The highest BCUT2D eigenvalue weighted by molar-refractivity contribution is 7.88. The second-order valence-corrected chi connectivity index (χ2v) is 34.4. The van der Waals surface area contributed by atoms with Crippen molar-refractivity contribution in [3.8, 4) is 0 Å². The Labute approximate surface area is 586 Å². The number of carboxylic acids is 4. The Balaban J connectivity index is 0.000000288. The van der Waals surface area contributed by atoms with Crippen LogP contribution in [0.2, 0.25) is 25.3 Å². The minimum Gasteiger partial charge on any atom is -0.480 e. The molecule has 3 aliphatic carbocycles. The van der Waals surface area contributed by atoms with Crippen LogP contribution in [-0.2, 0) is 60.0 Å². The van der Waals surface area contributed by atoms with Crippen molar-refractivity contribution in [2.45, 2.75) is 172 Å². The highest BCUT2D eigenvalue weighted by atomic mass is 32.2. The fourth-order valence-electron chi connectivity index (χ4n) is 12.5. The van der Waals surface area contributed by atoms with E-state index in [-0.39, 0.29) is 109 Å². The molecule has 0 bridgehead atoms. The van der Waals surface area contributed by atoms with Crippen LogP contribution in [0.15, 0.2) is 0 Å². The molecule has 0 spiro atoms. The van der Waals surface area contributed by atoms with Gasteiger partial charge in [-0.2, -0.15) is 60.3 Å². The van der Waals surface area contributed by atoms with Gasteiger partial charge < -0.3 is 101 Å². The second kappa shape index (κ2) is 35.0. The molecule has 0 amide bonds. The van der Waals surface area contributed by atoms with Crippen LogP contribution in [0.25, 0.3) is 0 Å². The quantitative estimate of drug-likeness (QED) is 0.00910. The Hall–Kier alpha value is -3.90. The zero-order chi connectivity index (χ0) is 78.2. The minimum atomic E-state index is -4.40. The van der Waals surface area contributed by atoms with Gasteiger partial charge >= 0.3 is 52.4 Å². The molecule has 0 aromatic carbocycles. The third-order valence-electron chi connectivity index (χ3n) is 19.3. The van der Waals surface area contributed by atoms with Crippen LogP contribution in [0.3, 0.4) is 0 Å². The zero-order valence-corrected chi connectivity index (χ0v) is 58.5. The number of rotatable bonds is 36. The molecule has 3 unspecified atom stereocenters. The maximum atomic E-state index is 13.2. The predicted molar refractivity (Wildman–Crippen MR) is 352 cm³/mol. The molecule has 4 aliphatic heterocycles. The van der Waals surface area contributed by atoms with E-state index in [0.29, 0.717) is 10.7 Å². The lowest BCUT2D eigenvalue weighted by atomic mass is 9.74. The lowest BCUT2D eigenvalue weighted by Gasteiger charge is -2.44. The van der Waals surface area contributed by atoms with Gasteiger partial charge in [-0.3, -0.25) is 35.0 Å². The van der Waals surface area contributed by atoms with Crippen molar-refractivity contribution < 1.29 is 136 Å². The first-order chi connectivity index (χ1) is 46.4. The monoisotopic (exact) mass is 1560 g/mol. The number of hydrogen-bond acceptors (Lipinski definition) is 30. The maximum absolute atomic E-state index is 13.2. The van der Waals surface area contributed by atoms with Crippen LogP contribution >= 0.6 is 0 Å². The molecule has 11 atom stereocenters. The summed E-state index contributed by atoms with van der Waals surface area (Å²) in [5, 5.41) is 119. The molecule has 7 rings (SSSR count). The third kappa shape index (κ3) is 23.8. The second-order valence-electron chi connectivity index (χ2n) is 27.4. The van der Waals surface area contributed by atoms with Gasteiger partial charge in [-0.05, 0) is 70.2 Å². The molecule has 4 heterocycles. The minimum absolute atomic E-state index is 0.00110. The summed E-state index contributed by atoms with van der Waals surface area (Å²) in [7, 11) is -22.8. The molecule has 7 aliphatic rings. The standard InChI is InChI=1S/C13H25BF2N4O6S.C13H27BN4O6S.C11H21BF2N4O6S.C10H22BN5O8S/c15-12(16)5-11(17,6-12)7-19-27(25,26)20-4-9(2-1-3-14(23)24)13(18,8-20)10(21)22;15-12(4-2-5-12)8-17-25(23,24)18-7-10(3-1-6-14(21)22)13(16,9-18)11(19)20;13-11(14)7(15)8(11)17-25(23,24)18-4-6(2-1-3-12(21)22)10(16,5-18)9(19)20;12-8(16(21)22)4-14-25(23,24)15-5-7(2-1-3-11(19)20)10(13,6-15)9(17)18/h9,19,23-24H,1-8,17-18H2,(H,21,22);10,17,21-22H,1-9,15-16H2,(H,19,20);6-8,17,21-22H,1-5,15-16H2,(H,19,20);7-8,14,19-20H,1-6,12-13H2,(H,17,18)/t9-,13-;10-,13-;6-,7?,8?,10-;7-,8?,10-/m0000/s1. The highest BCUT2D eigenvalue weighted by Crippen LogP contribution is 2.45. The van der Waals surface area contributed by atoms with E-state index in [4.69, 9.17) is 86.1 Å². The normalized spacial score (nSPS) is 30.0.